The molecule has 0 saturated carbocycles. The van der Waals surface area contributed by atoms with E-state index in [0.29, 0.717) is 5.82 Å². The van der Waals surface area contributed by atoms with Crippen molar-refractivity contribution >= 4 is 16.9 Å². The van der Waals surface area contributed by atoms with Crippen LogP contribution in [0.4, 0.5) is 5.82 Å². The standard InChI is InChI=1S/C8H10N4/c1-2-12-4-3-6-7(12)8(9)11-5-10-6/h3-5H,2H2,1H3,(H2,9,10,11). The molecule has 4 heteroatoms. The van der Waals surface area contributed by atoms with Crippen LogP contribution in [0.25, 0.3) is 11.0 Å². The highest BCUT2D eigenvalue weighted by Crippen LogP contribution is 2.16. The average molecular weight is 162 g/mol. The Labute approximate surface area is 70.0 Å². The summed E-state index contributed by atoms with van der Waals surface area (Å²) >= 11 is 0. The predicted molar refractivity (Wildman–Crippen MR) is 47.6 cm³/mol. The zero-order valence-corrected chi connectivity index (χ0v) is 6.86. The minimum Gasteiger partial charge on any atom is -0.382 e. The van der Waals surface area contributed by atoms with Gasteiger partial charge in [-0.25, -0.2) is 9.97 Å². The number of nitrogens with two attached hydrogens (primary N) is 1. The van der Waals surface area contributed by atoms with Crippen molar-refractivity contribution in [3.8, 4) is 0 Å². The highest BCUT2D eigenvalue weighted by Gasteiger charge is 2.03. The number of anilines is 1. The van der Waals surface area contributed by atoms with Gasteiger partial charge in [-0.15, -0.1) is 0 Å². The maximum atomic E-state index is 5.71. The first-order chi connectivity index (χ1) is 5.83. The smallest absolute Gasteiger partial charge is 0.151 e. The maximum absolute atomic E-state index is 5.71. The van der Waals surface area contributed by atoms with Gasteiger partial charge in [0.1, 0.15) is 11.8 Å². The number of nitrogen functional groups attached to an aromatic ring is 1. The first-order valence-electron chi connectivity index (χ1n) is 3.88. The molecule has 0 saturated heterocycles. The second-order valence-corrected chi connectivity index (χ2v) is 2.59. The van der Waals surface area contributed by atoms with Crippen LogP contribution in [0, 0.1) is 0 Å². The number of nitrogens with zero attached hydrogens (tertiary/aromatic N) is 3. The van der Waals surface area contributed by atoms with Crippen LogP contribution in [-0.4, -0.2) is 14.5 Å². The van der Waals surface area contributed by atoms with Gasteiger partial charge in [-0.05, 0) is 13.0 Å². The molecule has 12 heavy (non-hydrogen) atoms. The Balaban J connectivity index is 2.83. The lowest BCUT2D eigenvalue weighted by molar-refractivity contribution is 0.796. The predicted octanol–water partition coefficient (Wildman–Crippen LogP) is 1.03. The normalized spacial score (nSPS) is 10.8. The van der Waals surface area contributed by atoms with E-state index in [1.165, 1.54) is 6.33 Å². The van der Waals surface area contributed by atoms with Crippen LogP contribution in [0.3, 0.4) is 0 Å². The minimum absolute atomic E-state index is 0.548. The highest BCUT2D eigenvalue weighted by atomic mass is 15.0. The van der Waals surface area contributed by atoms with Crippen LogP contribution >= 0.6 is 0 Å². The fraction of sp³-hybridized carbons (Fsp3) is 0.250. The molecule has 0 atom stereocenters. The number of hydrogen-bond acceptors (Lipinski definition) is 3. The van der Waals surface area contributed by atoms with Crippen molar-refractivity contribution in [2.24, 2.45) is 0 Å². The van der Waals surface area contributed by atoms with Gasteiger partial charge in [-0.2, -0.15) is 0 Å². The van der Waals surface area contributed by atoms with Gasteiger partial charge in [-0.1, -0.05) is 0 Å². The van der Waals surface area contributed by atoms with Crippen molar-refractivity contribution in [3.63, 3.8) is 0 Å². The molecule has 0 aromatic carbocycles. The molecule has 0 bridgehead atoms. The van der Waals surface area contributed by atoms with Gasteiger partial charge in [0.25, 0.3) is 0 Å². The van der Waals surface area contributed by atoms with E-state index in [0.717, 1.165) is 17.6 Å². The molecule has 0 amide bonds. The van der Waals surface area contributed by atoms with Gasteiger partial charge in [0.05, 0.1) is 5.52 Å². The molecule has 0 aliphatic heterocycles. The van der Waals surface area contributed by atoms with E-state index in [4.69, 9.17) is 5.73 Å². The number of aromatic nitrogens is 3. The molecule has 2 rings (SSSR count). The van der Waals surface area contributed by atoms with E-state index in [-0.39, 0.29) is 0 Å². The van der Waals surface area contributed by atoms with E-state index in [1.807, 2.05) is 16.8 Å². The van der Waals surface area contributed by atoms with Crippen molar-refractivity contribution in [2.75, 3.05) is 5.73 Å². The molecule has 62 valence electrons. The van der Waals surface area contributed by atoms with Crippen molar-refractivity contribution in [3.05, 3.63) is 18.6 Å². The average Bonchev–Trinajstić information content (AvgIpc) is 2.49. The summed E-state index contributed by atoms with van der Waals surface area (Å²) in [5.74, 6) is 0.548. The lowest BCUT2D eigenvalue weighted by atomic mass is 10.4. The monoisotopic (exact) mass is 162 g/mol. The first-order valence-corrected chi connectivity index (χ1v) is 3.88. The third kappa shape index (κ3) is 0.845. The lowest BCUT2D eigenvalue weighted by Gasteiger charge is -2.00. The fourth-order valence-electron chi connectivity index (χ4n) is 1.32. The Morgan fingerprint density at radius 3 is 3.08 bits per heavy atom. The minimum atomic E-state index is 0.548. The molecule has 0 aliphatic carbocycles. The third-order valence-corrected chi connectivity index (χ3v) is 1.92. The molecule has 0 spiro atoms. The van der Waals surface area contributed by atoms with Gasteiger partial charge >= 0.3 is 0 Å². The molecule has 0 fully saturated rings. The van der Waals surface area contributed by atoms with E-state index in [1.54, 1.807) is 0 Å². The second kappa shape index (κ2) is 2.48. The Morgan fingerprint density at radius 1 is 1.50 bits per heavy atom. The van der Waals surface area contributed by atoms with Crippen molar-refractivity contribution < 1.29 is 0 Å². The molecule has 2 heterocycles. The van der Waals surface area contributed by atoms with Crippen LogP contribution in [-0.2, 0) is 6.54 Å². The number of rotatable bonds is 1. The van der Waals surface area contributed by atoms with Crippen LogP contribution in [0.5, 0.6) is 0 Å². The Bertz CT molecular complexity index is 404. The molecular weight excluding hydrogens is 152 g/mol. The summed E-state index contributed by atoms with van der Waals surface area (Å²) in [6.07, 6.45) is 3.45. The second-order valence-electron chi connectivity index (χ2n) is 2.59. The van der Waals surface area contributed by atoms with E-state index in [9.17, 15) is 0 Å². The van der Waals surface area contributed by atoms with Crippen LogP contribution in [0.2, 0.25) is 0 Å². The van der Waals surface area contributed by atoms with Gasteiger partial charge < -0.3 is 10.3 Å². The SMILES string of the molecule is CCn1ccc2ncnc(N)c21. The Morgan fingerprint density at radius 2 is 2.33 bits per heavy atom. The molecule has 2 N–H and O–H groups in total. The summed E-state index contributed by atoms with van der Waals surface area (Å²) in [5, 5.41) is 0. The van der Waals surface area contributed by atoms with Crippen molar-refractivity contribution in [1.82, 2.24) is 14.5 Å². The number of hydrogen-bond donors (Lipinski definition) is 1. The van der Waals surface area contributed by atoms with Gasteiger partial charge in [0.15, 0.2) is 5.82 Å². The topological polar surface area (TPSA) is 56.7 Å². The summed E-state index contributed by atoms with van der Waals surface area (Å²) in [6, 6.07) is 1.94. The Hall–Kier alpha value is -1.58. The zero-order valence-electron chi connectivity index (χ0n) is 6.86. The fourth-order valence-corrected chi connectivity index (χ4v) is 1.32. The summed E-state index contributed by atoms with van der Waals surface area (Å²) in [6.45, 7) is 2.95. The molecule has 2 aromatic heterocycles. The first kappa shape index (κ1) is 7.09. The zero-order chi connectivity index (χ0) is 8.55. The van der Waals surface area contributed by atoms with Crippen molar-refractivity contribution in [2.45, 2.75) is 13.5 Å². The van der Waals surface area contributed by atoms with Crippen LogP contribution in [0.1, 0.15) is 6.92 Å². The van der Waals surface area contributed by atoms with E-state index >= 15 is 0 Å². The maximum Gasteiger partial charge on any atom is 0.151 e. The van der Waals surface area contributed by atoms with E-state index in [2.05, 4.69) is 16.9 Å². The van der Waals surface area contributed by atoms with E-state index < -0.39 is 0 Å². The molecule has 0 radical (unpaired) electrons. The largest absolute Gasteiger partial charge is 0.382 e. The van der Waals surface area contributed by atoms with Gasteiger partial charge in [0, 0.05) is 12.7 Å². The number of fused-ring (bicyclic) bond motifs is 1. The number of aryl methyl sites for hydroxylation is 1. The van der Waals surface area contributed by atoms with Gasteiger partial charge in [-0.3, -0.25) is 0 Å². The van der Waals surface area contributed by atoms with Crippen LogP contribution in [0.15, 0.2) is 18.6 Å². The molecule has 4 nitrogen and oxygen atoms in total. The molecule has 0 unspecified atom stereocenters. The summed E-state index contributed by atoms with van der Waals surface area (Å²) in [5.41, 5.74) is 7.54. The quantitative estimate of drug-likeness (QED) is 0.681. The van der Waals surface area contributed by atoms with Crippen LogP contribution < -0.4 is 5.73 Å². The molecule has 0 aliphatic rings. The molecule has 2 aromatic rings. The summed E-state index contributed by atoms with van der Waals surface area (Å²) in [7, 11) is 0. The third-order valence-electron chi connectivity index (χ3n) is 1.92. The highest BCUT2D eigenvalue weighted by molar-refractivity contribution is 5.84. The molecular formula is C8H10N4. The lowest BCUT2D eigenvalue weighted by Crippen LogP contribution is -1.98. The summed E-state index contributed by atoms with van der Waals surface area (Å²) in [4.78, 5) is 8.03. The van der Waals surface area contributed by atoms with Gasteiger partial charge in [0.2, 0.25) is 0 Å². The Kier molecular flexibility index (Phi) is 1.46. The summed E-state index contributed by atoms with van der Waals surface area (Å²) < 4.78 is 2.03. The van der Waals surface area contributed by atoms with Crippen molar-refractivity contribution in [1.29, 1.82) is 0 Å².